The first-order valence-electron chi connectivity index (χ1n) is 3.17. The highest BCUT2D eigenvalue weighted by Gasteiger charge is 2.44. The molecule has 0 aliphatic heterocycles. The second kappa shape index (κ2) is 2.93. The zero-order valence-electron chi connectivity index (χ0n) is 6.46. The Hall–Kier alpha value is -1.02. The lowest BCUT2D eigenvalue weighted by atomic mass is 10.1. The lowest BCUT2D eigenvalue weighted by Gasteiger charge is -2.18. The van der Waals surface area contributed by atoms with Gasteiger partial charge in [0, 0.05) is 20.3 Å². The van der Waals surface area contributed by atoms with Crippen LogP contribution < -0.4 is 0 Å². The van der Waals surface area contributed by atoms with E-state index in [0.29, 0.717) is 0 Å². The topological polar surface area (TPSA) is 35.5 Å². The number of hydrogen-bond donors (Lipinski definition) is 0. The van der Waals surface area contributed by atoms with Crippen LogP contribution in [0.4, 0.5) is 0 Å². The van der Waals surface area contributed by atoms with Crippen molar-refractivity contribution < 1.29 is 14.3 Å². The van der Waals surface area contributed by atoms with E-state index in [9.17, 15) is 4.79 Å². The summed E-state index contributed by atoms with van der Waals surface area (Å²) in [5, 5.41) is 0. The predicted octanol–water partition coefficient (Wildman–Crippen LogP) is 0.474. The summed E-state index contributed by atoms with van der Waals surface area (Å²) >= 11 is 0. The van der Waals surface area contributed by atoms with Crippen molar-refractivity contribution in [2.45, 2.75) is 5.79 Å². The molecular formula is C8H9O3+. The lowest BCUT2D eigenvalue weighted by Crippen LogP contribution is -2.40. The minimum Gasteiger partial charge on any atom is -0.322 e. The number of carbonyl (C=O) groups is 1. The van der Waals surface area contributed by atoms with Crippen molar-refractivity contribution in [1.29, 1.82) is 0 Å². The summed E-state index contributed by atoms with van der Waals surface area (Å²) in [5.74, 6) is -1.46. The van der Waals surface area contributed by atoms with Crippen LogP contribution in [-0.2, 0) is 14.3 Å². The fourth-order valence-electron chi connectivity index (χ4n) is 0.885. The Morgan fingerprint density at radius 1 is 1.45 bits per heavy atom. The van der Waals surface area contributed by atoms with Gasteiger partial charge in [0.05, 0.1) is 6.08 Å². The van der Waals surface area contributed by atoms with Gasteiger partial charge in [-0.3, -0.25) is 0 Å². The highest BCUT2D eigenvalue weighted by Crippen LogP contribution is 2.18. The van der Waals surface area contributed by atoms with Gasteiger partial charge in [-0.1, -0.05) is 0 Å². The lowest BCUT2D eigenvalue weighted by molar-refractivity contribution is -0.181. The predicted molar refractivity (Wildman–Crippen MR) is 38.7 cm³/mol. The molecule has 0 heterocycles. The van der Waals surface area contributed by atoms with E-state index in [1.54, 1.807) is 6.08 Å². The Labute approximate surface area is 65.3 Å². The maximum Gasteiger partial charge on any atom is 0.349 e. The van der Waals surface area contributed by atoms with E-state index in [-0.39, 0.29) is 5.78 Å². The molecule has 0 N–H and O–H groups in total. The first-order chi connectivity index (χ1) is 5.25. The molecule has 3 heteroatoms. The molecule has 1 aliphatic rings. The number of methoxy groups -OCH3 is 2. The molecule has 58 valence electrons. The first-order valence-corrected chi connectivity index (χ1v) is 3.17. The van der Waals surface area contributed by atoms with Crippen LogP contribution in [0, 0.1) is 6.08 Å². The number of rotatable bonds is 2. The van der Waals surface area contributed by atoms with Crippen molar-refractivity contribution in [3.63, 3.8) is 0 Å². The molecule has 0 radical (unpaired) electrons. The molecule has 1 aliphatic carbocycles. The molecule has 11 heavy (non-hydrogen) atoms. The van der Waals surface area contributed by atoms with Crippen LogP contribution in [0.1, 0.15) is 0 Å². The molecule has 1 rings (SSSR count). The molecule has 3 nitrogen and oxygen atoms in total. The van der Waals surface area contributed by atoms with Crippen molar-refractivity contribution in [2.24, 2.45) is 0 Å². The summed E-state index contributed by atoms with van der Waals surface area (Å²) in [6.45, 7) is 0. The zero-order valence-corrected chi connectivity index (χ0v) is 6.46. The average Bonchev–Trinajstić information content (AvgIpc) is 2.06. The van der Waals surface area contributed by atoms with Gasteiger partial charge in [0.2, 0.25) is 0 Å². The van der Waals surface area contributed by atoms with Gasteiger partial charge in [0.15, 0.2) is 6.08 Å². The summed E-state index contributed by atoms with van der Waals surface area (Å²) in [7, 11) is 2.84. The number of hydrogen-bond acceptors (Lipinski definition) is 3. The Morgan fingerprint density at radius 2 is 2.09 bits per heavy atom. The average molecular weight is 153 g/mol. The minimum atomic E-state index is -1.22. The zero-order chi connectivity index (χ0) is 8.32. The molecular weight excluding hydrogens is 144 g/mol. The van der Waals surface area contributed by atoms with Crippen molar-refractivity contribution in [2.75, 3.05) is 14.2 Å². The largest absolute Gasteiger partial charge is 0.349 e. The molecule has 0 spiro atoms. The van der Waals surface area contributed by atoms with Gasteiger partial charge in [0.1, 0.15) is 6.08 Å². The summed E-state index contributed by atoms with van der Waals surface area (Å²) in [6, 6.07) is 0. The van der Waals surface area contributed by atoms with Crippen molar-refractivity contribution in [3.8, 4) is 0 Å². The van der Waals surface area contributed by atoms with Gasteiger partial charge in [-0.15, -0.1) is 0 Å². The van der Waals surface area contributed by atoms with E-state index < -0.39 is 5.79 Å². The Kier molecular flexibility index (Phi) is 2.15. The maximum absolute atomic E-state index is 11.2. The van der Waals surface area contributed by atoms with Crippen LogP contribution in [0.25, 0.3) is 0 Å². The molecule has 0 aromatic rings. The Morgan fingerprint density at radius 3 is 2.45 bits per heavy atom. The molecule has 0 aromatic heterocycles. The molecule has 0 amide bonds. The van der Waals surface area contributed by atoms with Crippen molar-refractivity contribution >= 4 is 5.78 Å². The molecule has 0 aromatic carbocycles. The number of allylic oxidation sites excluding steroid dienone is 2. The first kappa shape index (κ1) is 8.08. The number of ketones is 1. The third kappa shape index (κ3) is 1.21. The summed E-state index contributed by atoms with van der Waals surface area (Å²) in [6.07, 6.45) is 7.06. The van der Waals surface area contributed by atoms with Crippen molar-refractivity contribution in [1.82, 2.24) is 0 Å². The van der Waals surface area contributed by atoms with Gasteiger partial charge in [0.25, 0.3) is 0 Å². The van der Waals surface area contributed by atoms with Crippen LogP contribution in [0.3, 0.4) is 0 Å². The van der Waals surface area contributed by atoms with Gasteiger partial charge < -0.3 is 9.47 Å². The number of carbonyl (C=O) groups excluding carboxylic acids is 1. The minimum absolute atomic E-state index is 0.245. The van der Waals surface area contributed by atoms with E-state index in [1.807, 2.05) is 0 Å². The molecule has 0 fully saturated rings. The molecule has 0 unspecified atom stereocenters. The standard InChI is InChI=1S/C8H9O3/c1-10-8(11-2)6-4-3-5-7(8)9/h4-6H,1-2H3/q+1. The van der Waals surface area contributed by atoms with Crippen LogP contribution >= 0.6 is 0 Å². The van der Waals surface area contributed by atoms with E-state index in [0.717, 1.165) is 0 Å². The smallest absolute Gasteiger partial charge is 0.322 e. The molecule has 0 saturated carbocycles. The third-order valence-corrected chi connectivity index (χ3v) is 1.56. The van der Waals surface area contributed by atoms with E-state index in [2.05, 4.69) is 6.08 Å². The summed E-state index contributed by atoms with van der Waals surface area (Å²) < 4.78 is 9.82. The van der Waals surface area contributed by atoms with E-state index >= 15 is 0 Å². The monoisotopic (exact) mass is 153 g/mol. The second-order valence-electron chi connectivity index (χ2n) is 2.08. The van der Waals surface area contributed by atoms with Gasteiger partial charge in [-0.05, 0) is 0 Å². The Balaban J connectivity index is 2.91. The molecule has 0 bridgehead atoms. The maximum atomic E-state index is 11.2. The van der Waals surface area contributed by atoms with Crippen LogP contribution in [0.15, 0.2) is 18.2 Å². The summed E-state index contributed by atoms with van der Waals surface area (Å²) in [4.78, 5) is 11.2. The second-order valence-corrected chi connectivity index (χ2v) is 2.08. The quantitative estimate of drug-likeness (QED) is 0.427. The van der Waals surface area contributed by atoms with Crippen LogP contribution in [0.2, 0.25) is 0 Å². The van der Waals surface area contributed by atoms with Crippen LogP contribution in [-0.4, -0.2) is 25.8 Å². The Bertz CT molecular complexity index is 211. The molecule has 0 atom stereocenters. The highest BCUT2D eigenvalue weighted by molar-refractivity contribution is 5.98. The van der Waals surface area contributed by atoms with Gasteiger partial charge in [-0.2, -0.15) is 0 Å². The normalized spacial score (nSPS) is 20.0. The number of ether oxygens (including phenoxy) is 2. The summed E-state index contributed by atoms with van der Waals surface area (Å²) in [5.41, 5.74) is 0. The molecule has 0 saturated heterocycles. The van der Waals surface area contributed by atoms with Gasteiger partial charge in [-0.25, -0.2) is 4.79 Å². The van der Waals surface area contributed by atoms with E-state index in [4.69, 9.17) is 9.47 Å². The fourth-order valence-corrected chi connectivity index (χ4v) is 0.885. The highest BCUT2D eigenvalue weighted by atomic mass is 16.7. The van der Waals surface area contributed by atoms with Crippen molar-refractivity contribution in [3.05, 3.63) is 24.3 Å². The third-order valence-electron chi connectivity index (χ3n) is 1.56. The SMILES string of the molecule is COC1(OC)C=C[C+]=CC1=O. The van der Waals surface area contributed by atoms with E-state index in [1.165, 1.54) is 26.4 Å². The van der Waals surface area contributed by atoms with Crippen LogP contribution in [0.5, 0.6) is 0 Å². The van der Waals surface area contributed by atoms with Gasteiger partial charge >= 0.3 is 11.6 Å². The fraction of sp³-hybridized carbons (Fsp3) is 0.375.